The summed E-state index contributed by atoms with van der Waals surface area (Å²) in [5.41, 5.74) is 0.914. The van der Waals surface area contributed by atoms with Crippen LogP contribution in [0.1, 0.15) is 18.4 Å². The zero-order chi connectivity index (χ0) is 12.1. The van der Waals surface area contributed by atoms with Crippen LogP contribution in [-0.2, 0) is 16.0 Å². The van der Waals surface area contributed by atoms with Crippen molar-refractivity contribution >= 4 is 11.8 Å². The number of carbonyl (C=O) groups excluding carboxylic acids is 2. The molecule has 1 atom stereocenters. The van der Waals surface area contributed by atoms with Gasteiger partial charge in [-0.15, -0.1) is 0 Å². The average Bonchev–Trinajstić information content (AvgIpc) is 2.83. The van der Waals surface area contributed by atoms with Crippen molar-refractivity contribution in [2.24, 2.45) is 0 Å². The van der Waals surface area contributed by atoms with Gasteiger partial charge in [0.15, 0.2) is 0 Å². The van der Waals surface area contributed by atoms with Crippen molar-refractivity contribution in [2.45, 2.75) is 25.3 Å². The van der Waals surface area contributed by atoms with Crippen molar-refractivity contribution in [3.8, 4) is 0 Å². The highest BCUT2D eigenvalue weighted by Crippen LogP contribution is 2.05. The quantitative estimate of drug-likeness (QED) is 0.803. The molecule has 4 nitrogen and oxygen atoms in total. The monoisotopic (exact) mass is 232 g/mol. The first kappa shape index (κ1) is 11.8. The molecule has 0 aliphatic carbocycles. The largest absolute Gasteiger partial charge is 0.306 e. The second-order valence-corrected chi connectivity index (χ2v) is 4.22. The normalized spacial score (nSPS) is 18.9. The molecule has 2 N–H and O–H groups in total. The molecule has 1 heterocycles. The van der Waals surface area contributed by atoms with E-state index in [0.29, 0.717) is 0 Å². The highest BCUT2D eigenvalue weighted by molar-refractivity contribution is 5.98. The smallest absolute Gasteiger partial charge is 0.243 e. The zero-order valence-corrected chi connectivity index (χ0v) is 9.61. The molecule has 0 saturated carbocycles. The van der Waals surface area contributed by atoms with E-state index in [1.165, 1.54) is 0 Å². The van der Waals surface area contributed by atoms with Gasteiger partial charge in [0.1, 0.15) is 0 Å². The van der Waals surface area contributed by atoms with Gasteiger partial charge in [-0.2, -0.15) is 0 Å². The lowest BCUT2D eigenvalue weighted by molar-refractivity contribution is -0.131. The van der Waals surface area contributed by atoms with Gasteiger partial charge in [-0.3, -0.25) is 14.9 Å². The minimum atomic E-state index is -0.241. The Kier molecular flexibility index (Phi) is 3.88. The van der Waals surface area contributed by atoms with E-state index >= 15 is 0 Å². The Hall–Kier alpha value is -1.68. The number of benzene rings is 1. The molecule has 1 aromatic rings. The van der Waals surface area contributed by atoms with Crippen LogP contribution in [-0.4, -0.2) is 24.4 Å². The number of nitrogens with one attached hydrogen (secondary N) is 2. The maximum absolute atomic E-state index is 11.7. The van der Waals surface area contributed by atoms with E-state index in [2.05, 4.69) is 10.6 Å². The molecule has 0 spiro atoms. The van der Waals surface area contributed by atoms with E-state index in [1.807, 2.05) is 30.3 Å². The van der Waals surface area contributed by atoms with Crippen LogP contribution in [0.15, 0.2) is 30.3 Å². The van der Waals surface area contributed by atoms with Crippen LogP contribution in [0.2, 0.25) is 0 Å². The van der Waals surface area contributed by atoms with E-state index in [9.17, 15) is 9.59 Å². The SMILES string of the molecule is O=C(Cc1ccccc1)NC(=O)[C@@H]1CCCN1. The fraction of sp³-hybridized carbons (Fsp3) is 0.385. The molecule has 0 radical (unpaired) electrons. The van der Waals surface area contributed by atoms with Crippen molar-refractivity contribution in [3.63, 3.8) is 0 Å². The number of hydrogen-bond acceptors (Lipinski definition) is 3. The number of hydrogen-bond donors (Lipinski definition) is 2. The first-order valence-electron chi connectivity index (χ1n) is 5.87. The van der Waals surface area contributed by atoms with Gasteiger partial charge >= 0.3 is 0 Å². The van der Waals surface area contributed by atoms with E-state index in [0.717, 1.165) is 24.9 Å². The highest BCUT2D eigenvalue weighted by atomic mass is 16.2. The summed E-state index contributed by atoms with van der Waals surface area (Å²) in [5, 5.41) is 5.49. The molecule has 0 bridgehead atoms. The fourth-order valence-electron chi connectivity index (χ4n) is 1.96. The number of rotatable bonds is 3. The van der Waals surface area contributed by atoms with Crippen LogP contribution in [0.5, 0.6) is 0 Å². The topological polar surface area (TPSA) is 58.2 Å². The van der Waals surface area contributed by atoms with Crippen molar-refractivity contribution in [1.82, 2.24) is 10.6 Å². The molecular weight excluding hydrogens is 216 g/mol. The molecular formula is C13H16N2O2. The Balaban J connectivity index is 1.83. The Bertz CT molecular complexity index is 397. The van der Waals surface area contributed by atoms with Crippen LogP contribution in [0.4, 0.5) is 0 Å². The summed E-state index contributed by atoms with van der Waals surface area (Å²) in [6.45, 7) is 0.852. The highest BCUT2D eigenvalue weighted by Gasteiger charge is 2.23. The van der Waals surface area contributed by atoms with E-state index < -0.39 is 0 Å². The minimum absolute atomic E-state index is 0.199. The molecule has 2 rings (SSSR count). The zero-order valence-electron chi connectivity index (χ0n) is 9.61. The van der Waals surface area contributed by atoms with Gasteiger partial charge in [0.05, 0.1) is 12.5 Å². The first-order chi connectivity index (χ1) is 8.25. The molecule has 1 saturated heterocycles. The Morgan fingerprint density at radius 2 is 2.06 bits per heavy atom. The molecule has 0 aromatic heterocycles. The van der Waals surface area contributed by atoms with Crippen molar-refractivity contribution < 1.29 is 9.59 Å². The standard InChI is InChI=1S/C13H16N2O2/c16-12(9-10-5-2-1-3-6-10)15-13(17)11-7-4-8-14-11/h1-3,5-6,11,14H,4,7-9H2,(H,15,16,17)/t11-/m0/s1. The molecule has 1 aliphatic rings. The summed E-state index contributed by atoms with van der Waals surface area (Å²) in [7, 11) is 0. The molecule has 1 aromatic carbocycles. The maximum Gasteiger partial charge on any atom is 0.243 e. The predicted octanol–water partition coefficient (Wildman–Crippen LogP) is 0.624. The number of imide groups is 1. The summed E-state index contributed by atoms with van der Waals surface area (Å²) in [6.07, 6.45) is 2.05. The molecule has 2 amide bonds. The van der Waals surface area contributed by atoms with Crippen LogP contribution in [0.3, 0.4) is 0 Å². The third-order valence-corrected chi connectivity index (χ3v) is 2.85. The predicted molar refractivity (Wildman–Crippen MR) is 64.3 cm³/mol. The van der Waals surface area contributed by atoms with Crippen molar-refractivity contribution in [1.29, 1.82) is 0 Å². The summed E-state index contributed by atoms with van der Waals surface area (Å²) in [6, 6.07) is 9.20. The second kappa shape index (κ2) is 5.59. The molecule has 1 fully saturated rings. The summed E-state index contributed by atoms with van der Waals surface area (Å²) >= 11 is 0. The molecule has 17 heavy (non-hydrogen) atoms. The molecule has 1 aliphatic heterocycles. The van der Waals surface area contributed by atoms with Crippen molar-refractivity contribution in [2.75, 3.05) is 6.54 Å². The maximum atomic E-state index is 11.7. The second-order valence-electron chi connectivity index (χ2n) is 4.22. The van der Waals surface area contributed by atoms with Gasteiger partial charge in [0, 0.05) is 0 Å². The van der Waals surface area contributed by atoms with Gasteiger partial charge in [-0.05, 0) is 24.9 Å². The number of carbonyl (C=O) groups is 2. The summed E-state index contributed by atoms with van der Waals surface area (Å²) in [5.74, 6) is -0.446. The van der Waals surface area contributed by atoms with Crippen LogP contribution < -0.4 is 10.6 Å². The fourth-order valence-corrected chi connectivity index (χ4v) is 1.96. The molecule has 0 unspecified atom stereocenters. The average molecular weight is 232 g/mol. The lowest BCUT2D eigenvalue weighted by Gasteiger charge is -2.09. The first-order valence-corrected chi connectivity index (χ1v) is 5.87. The Morgan fingerprint density at radius 3 is 2.71 bits per heavy atom. The lowest BCUT2D eigenvalue weighted by Crippen LogP contribution is -2.43. The lowest BCUT2D eigenvalue weighted by atomic mass is 10.1. The number of amides is 2. The Morgan fingerprint density at radius 1 is 1.29 bits per heavy atom. The third kappa shape index (κ3) is 3.39. The van der Waals surface area contributed by atoms with Gasteiger partial charge in [-0.1, -0.05) is 30.3 Å². The third-order valence-electron chi connectivity index (χ3n) is 2.85. The van der Waals surface area contributed by atoms with Crippen LogP contribution >= 0.6 is 0 Å². The van der Waals surface area contributed by atoms with Crippen LogP contribution in [0.25, 0.3) is 0 Å². The van der Waals surface area contributed by atoms with Gasteiger partial charge in [0.25, 0.3) is 0 Å². The van der Waals surface area contributed by atoms with E-state index in [4.69, 9.17) is 0 Å². The Labute approximate surface area is 100 Å². The minimum Gasteiger partial charge on any atom is -0.306 e. The molecule has 90 valence electrons. The van der Waals surface area contributed by atoms with Crippen molar-refractivity contribution in [3.05, 3.63) is 35.9 Å². The van der Waals surface area contributed by atoms with E-state index in [-0.39, 0.29) is 24.3 Å². The molecule has 4 heteroatoms. The van der Waals surface area contributed by atoms with E-state index in [1.54, 1.807) is 0 Å². The summed E-state index contributed by atoms with van der Waals surface area (Å²) < 4.78 is 0. The van der Waals surface area contributed by atoms with Crippen LogP contribution in [0, 0.1) is 0 Å². The van der Waals surface area contributed by atoms with Gasteiger partial charge in [-0.25, -0.2) is 0 Å². The summed E-state index contributed by atoms with van der Waals surface area (Å²) in [4.78, 5) is 23.3. The van der Waals surface area contributed by atoms with Gasteiger partial charge < -0.3 is 5.32 Å². The van der Waals surface area contributed by atoms with Gasteiger partial charge in [0.2, 0.25) is 11.8 Å².